The van der Waals surface area contributed by atoms with Crippen molar-refractivity contribution in [1.29, 1.82) is 0 Å². The largest absolute Gasteiger partial charge is 0.756 e. The number of hydrogen-bond donors (Lipinski definition) is 2. The normalized spacial score (nSPS) is 14.3. The number of rotatable bonds is 46. The SMILES string of the molecule is CCCCCCCCCCCCCCCCC/C=C/C(O)C(COP(=O)([O-])OCC[N+](C)(C)C)NC(=O)CCCCCCCCCCCCCCCCCCCCC. The average molecular weight is 843 g/mol. The van der Waals surface area contributed by atoms with Crippen LogP contribution >= 0.6 is 7.82 Å². The second-order valence-corrected chi connectivity index (χ2v) is 19.9. The van der Waals surface area contributed by atoms with Crippen molar-refractivity contribution in [2.45, 2.75) is 257 Å². The molecule has 0 heterocycles. The Morgan fingerprint density at radius 3 is 1.29 bits per heavy atom. The van der Waals surface area contributed by atoms with Crippen molar-refractivity contribution in [3.8, 4) is 0 Å². The minimum atomic E-state index is -4.59. The molecule has 9 heteroatoms. The lowest BCUT2D eigenvalue weighted by Gasteiger charge is -2.29. The van der Waals surface area contributed by atoms with Gasteiger partial charge in [0.15, 0.2) is 0 Å². The van der Waals surface area contributed by atoms with E-state index in [2.05, 4.69) is 19.2 Å². The lowest BCUT2D eigenvalue weighted by molar-refractivity contribution is -0.870. The fraction of sp³-hybridized carbons (Fsp3) is 0.939. The van der Waals surface area contributed by atoms with Crippen LogP contribution in [0.3, 0.4) is 0 Å². The Labute approximate surface area is 361 Å². The molecule has 0 spiro atoms. The average Bonchev–Trinajstić information content (AvgIpc) is 3.17. The summed E-state index contributed by atoms with van der Waals surface area (Å²) >= 11 is 0. The van der Waals surface area contributed by atoms with Gasteiger partial charge in [-0.25, -0.2) is 0 Å². The van der Waals surface area contributed by atoms with E-state index in [0.717, 1.165) is 38.5 Å². The van der Waals surface area contributed by atoms with Gasteiger partial charge in [0, 0.05) is 6.42 Å². The van der Waals surface area contributed by atoms with Gasteiger partial charge in [-0.2, -0.15) is 0 Å². The van der Waals surface area contributed by atoms with E-state index in [4.69, 9.17) is 9.05 Å². The number of aliphatic hydroxyl groups excluding tert-OH is 1. The summed E-state index contributed by atoms with van der Waals surface area (Å²) in [6, 6.07) is -0.880. The number of carbonyl (C=O) groups excluding carboxylic acids is 1. The Morgan fingerprint density at radius 1 is 0.586 bits per heavy atom. The maximum Gasteiger partial charge on any atom is 0.268 e. The highest BCUT2D eigenvalue weighted by molar-refractivity contribution is 7.45. The summed E-state index contributed by atoms with van der Waals surface area (Å²) in [5.41, 5.74) is 0. The Hall–Kier alpha value is -0.760. The topological polar surface area (TPSA) is 108 Å². The first kappa shape index (κ1) is 57.2. The number of unbranched alkanes of at least 4 members (excludes halogenated alkanes) is 33. The van der Waals surface area contributed by atoms with E-state index < -0.39 is 20.0 Å². The number of amides is 1. The Balaban J connectivity index is 4.30. The fourth-order valence-corrected chi connectivity index (χ4v) is 8.23. The van der Waals surface area contributed by atoms with E-state index in [1.807, 2.05) is 27.2 Å². The molecule has 0 aliphatic heterocycles. The summed E-state index contributed by atoms with van der Waals surface area (Å²) in [6.45, 7) is 4.68. The summed E-state index contributed by atoms with van der Waals surface area (Å²) < 4.78 is 23.3. The number of aliphatic hydroxyl groups is 1. The van der Waals surface area contributed by atoms with Crippen molar-refractivity contribution in [1.82, 2.24) is 5.32 Å². The minimum absolute atomic E-state index is 0.00240. The maximum atomic E-state index is 12.9. The number of likely N-dealkylation sites (N-methyl/N-ethyl adjacent to an activating group) is 1. The van der Waals surface area contributed by atoms with Crippen LogP contribution in [0.15, 0.2) is 12.2 Å². The third-order valence-electron chi connectivity index (χ3n) is 11.5. The van der Waals surface area contributed by atoms with Gasteiger partial charge in [0.2, 0.25) is 5.91 Å². The van der Waals surface area contributed by atoms with E-state index in [-0.39, 0.29) is 19.1 Å². The highest BCUT2D eigenvalue weighted by Crippen LogP contribution is 2.38. The van der Waals surface area contributed by atoms with E-state index in [1.54, 1.807) is 6.08 Å². The molecule has 0 saturated carbocycles. The zero-order valence-corrected chi connectivity index (χ0v) is 40.2. The molecular weight excluding hydrogens is 744 g/mol. The van der Waals surface area contributed by atoms with Gasteiger partial charge in [0.1, 0.15) is 13.2 Å². The number of hydrogen-bond acceptors (Lipinski definition) is 6. The van der Waals surface area contributed by atoms with Gasteiger partial charge in [-0.05, 0) is 19.3 Å². The Morgan fingerprint density at radius 2 is 0.931 bits per heavy atom. The van der Waals surface area contributed by atoms with Crippen LogP contribution in [0.1, 0.15) is 245 Å². The maximum absolute atomic E-state index is 12.9. The summed E-state index contributed by atoms with van der Waals surface area (Å²) in [5, 5.41) is 13.8. The fourth-order valence-electron chi connectivity index (χ4n) is 7.51. The zero-order valence-electron chi connectivity index (χ0n) is 39.3. The summed E-state index contributed by atoms with van der Waals surface area (Å²) in [6.07, 6.45) is 48.3. The third kappa shape index (κ3) is 43.3. The van der Waals surface area contributed by atoms with Gasteiger partial charge in [0.25, 0.3) is 7.82 Å². The van der Waals surface area contributed by atoms with Gasteiger partial charge in [-0.3, -0.25) is 9.36 Å². The van der Waals surface area contributed by atoms with Crippen molar-refractivity contribution in [3.05, 3.63) is 12.2 Å². The molecule has 58 heavy (non-hydrogen) atoms. The molecule has 0 rings (SSSR count). The Bertz CT molecular complexity index is 958. The molecule has 0 aromatic carbocycles. The molecule has 0 saturated heterocycles. The number of carbonyl (C=O) groups is 1. The van der Waals surface area contributed by atoms with Crippen molar-refractivity contribution in [2.75, 3.05) is 40.9 Å². The molecule has 8 nitrogen and oxygen atoms in total. The third-order valence-corrected chi connectivity index (χ3v) is 12.5. The molecule has 0 radical (unpaired) electrons. The smallest absolute Gasteiger partial charge is 0.268 e. The van der Waals surface area contributed by atoms with E-state index in [9.17, 15) is 19.4 Å². The van der Waals surface area contributed by atoms with Crippen molar-refractivity contribution in [2.24, 2.45) is 0 Å². The molecule has 0 aliphatic rings. The van der Waals surface area contributed by atoms with Gasteiger partial charge in [-0.1, -0.05) is 231 Å². The molecule has 0 bridgehead atoms. The molecule has 0 fully saturated rings. The monoisotopic (exact) mass is 843 g/mol. The van der Waals surface area contributed by atoms with Crippen LogP contribution in [0, 0.1) is 0 Å². The van der Waals surface area contributed by atoms with Gasteiger partial charge in [0.05, 0.1) is 39.9 Å². The van der Waals surface area contributed by atoms with Crippen molar-refractivity contribution in [3.63, 3.8) is 0 Å². The van der Waals surface area contributed by atoms with E-state index >= 15 is 0 Å². The first-order chi connectivity index (χ1) is 28.0. The standard InChI is InChI=1S/C49H99N2O6P/c1-6-8-10-12-14-16-18-20-22-24-25-27-29-31-33-35-37-39-41-43-49(53)50-47(46-57-58(54,55)56-45-44-51(3,4)5)48(52)42-40-38-36-34-32-30-28-26-23-21-19-17-15-13-11-9-7-2/h40,42,47-48,52H,6-39,41,43-46H2,1-5H3,(H-,50,53,54,55)/b42-40+. The number of nitrogens with zero attached hydrogens (tertiary/aromatic N) is 1. The summed E-state index contributed by atoms with van der Waals surface area (Å²) in [7, 11) is 1.27. The summed E-state index contributed by atoms with van der Waals surface area (Å²) in [5.74, 6) is -0.192. The Kier molecular flexibility index (Phi) is 41.0. The van der Waals surface area contributed by atoms with Gasteiger partial charge in [-0.15, -0.1) is 0 Å². The second-order valence-electron chi connectivity index (χ2n) is 18.5. The van der Waals surface area contributed by atoms with Crippen molar-refractivity contribution < 1.29 is 32.9 Å². The first-order valence-corrected chi connectivity index (χ1v) is 26.5. The quantitative estimate of drug-likeness (QED) is 0.0273. The molecule has 0 aliphatic carbocycles. The van der Waals surface area contributed by atoms with Gasteiger partial charge < -0.3 is 28.8 Å². The predicted octanol–water partition coefficient (Wildman–Crippen LogP) is 13.7. The highest BCUT2D eigenvalue weighted by Gasteiger charge is 2.23. The van der Waals surface area contributed by atoms with Crippen molar-refractivity contribution >= 4 is 13.7 Å². The molecule has 346 valence electrons. The number of quaternary nitrogens is 1. The predicted molar refractivity (Wildman–Crippen MR) is 247 cm³/mol. The van der Waals surface area contributed by atoms with Crippen LogP contribution in [0.5, 0.6) is 0 Å². The molecule has 0 aromatic heterocycles. The molecule has 1 amide bonds. The number of phosphoric acid groups is 1. The molecule has 3 atom stereocenters. The highest BCUT2D eigenvalue weighted by atomic mass is 31.2. The second kappa shape index (κ2) is 41.6. The molecule has 2 N–H and O–H groups in total. The number of allylic oxidation sites excluding steroid dienone is 1. The van der Waals surface area contributed by atoms with Gasteiger partial charge >= 0.3 is 0 Å². The van der Waals surface area contributed by atoms with E-state index in [1.165, 1.54) is 186 Å². The minimum Gasteiger partial charge on any atom is -0.756 e. The number of nitrogens with one attached hydrogen (secondary N) is 1. The number of phosphoric ester groups is 1. The molecule has 0 aromatic rings. The van der Waals surface area contributed by atoms with Crippen LogP contribution in [0.2, 0.25) is 0 Å². The first-order valence-electron chi connectivity index (χ1n) is 25.1. The summed E-state index contributed by atoms with van der Waals surface area (Å²) in [4.78, 5) is 25.4. The van der Waals surface area contributed by atoms with E-state index in [0.29, 0.717) is 17.4 Å². The molecule has 3 unspecified atom stereocenters. The zero-order chi connectivity index (χ0) is 42.8. The van der Waals surface area contributed by atoms with Crippen LogP contribution in [0.25, 0.3) is 0 Å². The van der Waals surface area contributed by atoms with Crippen LogP contribution in [-0.2, 0) is 18.4 Å². The lowest BCUT2D eigenvalue weighted by atomic mass is 10.0. The lowest BCUT2D eigenvalue weighted by Crippen LogP contribution is -2.45. The van der Waals surface area contributed by atoms with Crippen LogP contribution in [-0.4, -0.2) is 68.5 Å². The van der Waals surface area contributed by atoms with Crippen LogP contribution < -0.4 is 10.2 Å². The molecular formula is C49H99N2O6P. The van der Waals surface area contributed by atoms with Crippen LogP contribution in [0.4, 0.5) is 0 Å².